The van der Waals surface area contributed by atoms with Crippen molar-refractivity contribution in [2.45, 2.75) is 57.6 Å². The van der Waals surface area contributed by atoms with Gasteiger partial charge in [0.2, 0.25) is 11.8 Å². The van der Waals surface area contributed by atoms with Crippen molar-refractivity contribution < 1.29 is 27.5 Å². The third-order valence-electron chi connectivity index (χ3n) is 6.52. The van der Waals surface area contributed by atoms with E-state index in [9.17, 15) is 18.0 Å². The van der Waals surface area contributed by atoms with Crippen LogP contribution in [-0.4, -0.2) is 58.0 Å². The maximum absolute atomic E-state index is 14.2. The Hall–Kier alpha value is -4.05. The highest BCUT2D eigenvalue weighted by atomic mass is 32.2. The van der Waals surface area contributed by atoms with E-state index in [1.54, 1.807) is 61.7 Å². The Bertz CT molecular complexity index is 1440. The predicted octanol–water partition coefficient (Wildman–Crippen LogP) is 4.54. The van der Waals surface area contributed by atoms with Crippen LogP contribution in [0.5, 0.6) is 11.5 Å². The van der Waals surface area contributed by atoms with Crippen LogP contribution in [0.1, 0.15) is 38.3 Å². The maximum atomic E-state index is 14.2. The molecule has 0 radical (unpaired) electrons. The average Bonchev–Trinajstić information content (AvgIpc) is 2.95. The van der Waals surface area contributed by atoms with E-state index in [1.165, 1.54) is 24.1 Å². The molecule has 0 saturated heterocycles. The van der Waals surface area contributed by atoms with Crippen LogP contribution in [0.3, 0.4) is 0 Å². The van der Waals surface area contributed by atoms with Gasteiger partial charge < -0.3 is 19.7 Å². The number of amides is 2. The summed E-state index contributed by atoms with van der Waals surface area (Å²) in [6.07, 6.45) is 0.327. The van der Waals surface area contributed by atoms with Crippen molar-refractivity contribution in [2.75, 3.05) is 25.1 Å². The minimum Gasteiger partial charge on any atom is -0.497 e. The van der Waals surface area contributed by atoms with E-state index >= 15 is 0 Å². The van der Waals surface area contributed by atoms with Gasteiger partial charge in [-0.05, 0) is 74.7 Å². The number of nitrogens with zero attached hydrogens (tertiary/aromatic N) is 2. The van der Waals surface area contributed by atoms with Crippen molar-refractivity contribution in [2.24, 2.45) is 0 Å². The summed E-state index contributed by atoms with van der Waals surface area (Å²) in [5.74, 6) is 0.0465. The van der Waals surface area contributed by atoms with Gasteiger partial charge >= 0.3 is 0 Å². The molecule has 0 bridgehead atoms. The van der Waals surface area contributed by atoms with E-state index in [1.807, 2.05) is 33.8 Å². The smallest absolute Gasteiger partial charge is 0.264 e. The van der Waals surface area contributed by atoms with E-state index in [0.29, 0.717) is 17.9 Å². The largest absolute Gasteiger partial charge is 0.497 e. The molecule has 3 aromatic carbocycles. The number of rotatable bonds is 13. The Labute approximate surface area is 243 Å². The second-order valence-corrected chi connectivity index (χ2v) is 11.8. The van der Waals surface area contributed by atoms with Gasteiger partial charge in [-0.3, -0.25) is 13.9 Å². The molecule has 10 heteroatoms. The quantitative estimate of drug-likeness (QED) is 0.318. The van der Waals surface area contributed by atoms with E-state index in [4.69, 9.17) is 9.47 Å². The van der Waals surface area contributed by atoms with Crippen molar-refractivity contribution in [1.29, 1.82) is 0 Å². The molecule has 0 aromatic heterocycles. The molecular weight excluding hydrogens is 542 g/mol. The van der Waals surface area contributed by atoms with Crippen LogP contribution in [0.25, 0.3) is 0 Å². The lowest BCUT2D eigenvalue weighted by atomic mass is 10.1. The van der Waals surface area contributed by atoms with Gasteiger partial charge in [0.15, 0.2) is 0 Å². The lowest BCUT2D eigenvalue weighted by molar-refractivity contribution is -0.140. The topological polar surface area (TPSA) is 105 Å². The van der Waals surface area contributed by atoms with Crippen LogP contribution in [0.4, 0.5) is 5.69 Å². The van der Waals surface area contributed by atoms with E-state index in [-0.39, 0.29) is 29.1 Å². The zero-order chi connectivity index (χ0) is 30.2. The summed E-state index contributed by atoms with van der Waals surface area (Å²) in [4.78, 5) is 28.9. The number of sulfonamides is 1. The van der Waals surface area contributed by atoms with Crippen LogP contribution >= 0.6 is 0 Å². The number of nitrogens with one attached hydrogen (secondary N) is 1. The summed E-state index contributed by atoms with van der Waals surface area (Å²) >= 11 is 0. The molecule has 0 heterocycles. The Balaban J connectivity index is 2.13. The molecule has 41 heavy (non-hydrogen) atoms. The number of hydrogen-bond donors (Lipinski definition) is 1. The second-order valence-electron chi connectivity index (χ2n) is 9.96. The number of carbonyl (C=O) groups is 2. The van der Waals surface area contributed by atoms with Gasteiger partial charge in [0.05, 0.1) is 24.8 Å². The Morgan fingerprint density at radius 2 is 1.63 bits per heavy atom. The van der Waals surface area contributed by atoms with Crippen LogP contribution in [0.2, 0.25) is 0 Å². The first-order valence-corrected chi connectivity index (χ1v) is 14.9. The van der Waals surface area contributed by atoms with Gasteiger partial charge in [-0.2, -0.15) is 0 Å². The standard InChI is InChI=1S/C31H39N3O6S/c1-7-27(31(36)32-22(2)3)33(20-24-12-11-13-25(19-24)39-5)30(35)21-34(28-18-23(4)16-17-29(28)40-6)41(37,38)26-14-9-8-10-15-26/h8-19,22,27H,7,20-21H2,1-6H3,(H,32,36)/t27-/m0/s1. The Morgan fingerprint density at radius 3 is 2.24 bits per heavy atom. The highest BCUT2D eigenvalue weighted by Crippen LogP contribution is 2.34. The summed E-state index contributed by atoms with van der Waals surface area (Å²) in [6, 6.07) is 19.3. The molecule has 220 valence electrons. The first-order chi connectivity index (χ1) is 19.5. The highest BCUT2D eigenvalue weighted by Gasteiger charge is 2.35. The summed E-state index contributed by atoms with van der Waals surface area (Å²) in [7, 11) is -1.21. The Morgan fingerprint density at radius 1 is 0.927 bits per heavy atom. The van der Waals surface area contributed by atoms with E-state index < -0.39 is 28.5 Å². The fourth-order valence-electron chi connectivity index (χ4n) is 4.50. The number of anilines is 1. The zero-order valence-corrected chi connectivity index (χ0v) is 25.3. The molecule has 3 rings (SSSR count). The van der Waals surface area contributed by atoms with Crippen LogP contribution in [0, 0.1) is 6.92 Å². The normalized spacial score (nSPS) is 12.0. The van der Waals surface area contributed by atoms with Gasteiger partial charge in [0.25, 0.3) is 10.0 Å². The number of methoxy groups -OCH3 is 2. The van der Waals surface area contributed by atoms with E-state index in [2.05, 4.69) is 5.32 Å². The molecule has 0 spiro atoms. The maximum Gasteiger partial charge on any atom is 0.264 e. The predicted molar refractivity (Wildman–Crippen MR) is 160 cm³/mol. The lowest BCUT2D eigenvalue weighted by Crippen LogP contribution is -2.53. The van der Waals surface area contributed by atoms with Crippen molar-refractivity contribution >= 4 is 27.5 Å². The average molecular weight is 582 g/mol. The fraction of sp³-hybridized carbons (Fsp3) is 0.355. The highest BCUT2D eigenvalue weighted by molar-refractivity contribution is 7.92. The first-order valence-electron chi connectivity index (χ1n) is 13.5. The number of ether oxygens (including phenoxy) is 2. The fourth-order valence-corrected chi connectivity index (χ4v) is 5.93. The van der Waals surface area contributed by atoms with Crippen molar-refractivity contribution in [3.8, 4) is 11.5 Å². The van der Waals surface area contributed by atoms with Gasteiger partial charge in [-0.25, -0.2) is 8.42 Å². The summed E-state index contributed by atoms with van der Waals surface area (Å²) in [6.45, 7) is 6.86. The number of carbonyl (C=O) groups excluding carboxylic acids is 2. The minimum absolute atomic E-state index is 0.0281. The van der Waals surface area contributed by atoms with E-state index in [0.717, 1.165) is 15.4 Å². The molecule has 0 aliphatic heterocycles. The minimum atomic E-state index is -4.20. The monoisotopic (exact) mass is 581 g/mol. The molecular formula is C31H39N3O6S. The molecule has 0 unspecified atom stereocenters. The molecule has 0 fully saturated rings. The summed E-state index contributed by atoms with van der Waals surface area (Å²) in [5.41, 5.74) is 1.75. The molecule has 2 amide bonds. The molecule has 0 saturated carbocycles. The number of aryl methyl sites for hydroxylation is 1. The van der Waals surface area contributed by atoms with Crippen molar-refractivity contribution in [3.63, 3.8) is 0 Å². The summed E-state index contributed by atoms with van der Waals surface area (Å²) < 4.78 is 40.0. The summed E-state index contributed by atoms with van der Waals surface area (Å²) in [5, 5.41) is 2.89. The molecule has 1 N–H and O–H groups in total. The van der Waals surface area contributed by atoms with Crippen LogP contribution in [-0.2, 0) is 26.2 Å². The number of hydrogen-bond acceptors (Lipinski definition) is 6. The first kappa shape index (κ1) is 31.5. The van der Waals surface area contributed by atoms with Gasteiger partial charge in [0, 0.05) is 12.6 Å². The molecule has 3 aromatic rings. The SMILES string of the molecule is CC[C@@H](C(=O)NC(C)C)N(Cc1cccc(OC)c1)C(=O)CN(c1cc(C)ccc1OC)S(=O)(=O)c1ccccc1. The second kappa shape index (κ2) is 14.0. The van der Waals surface area contributed by atoms with Gasteiger partial charge in [-0.1, -0.05) is 43.3 Å². The van der Waals surface area contributed by atoms with Gasteiger partial charge in [-0.15, -0.1) is 0 Å². The zero-order valence-electron chi connectivity index (χ0n) is 24.5. The van der Waals surface area contributed by atoms with Gasteiger partial charge in [0.1, 0.15) is 24.1 Å². The third-order valence-corrected chi connectivity index (χ3v) is 8.29. The molecule has 1 atom stereocenters. The third kappa shape index (κ3) is 7.79. The van der Waals surface area contributed by atoms with Crippen LogP contribution in [0.15, 0.2) is 77.7 Å². The lowest BCUT2D eigenvalue weighted by Gasteiger charge is -2.34. The number of benzene rings is 3. The molecule has 9 nitrogen and oxygen atoms in total. The Kier molecular flexibility index (Phi) is 10.8. The molecule has 0 aliphatic rings. The van der Waals surface area contributed by atoms with Crippen LogP contribution < -0.4 is 19.1 Å². The molecule has 0 aliphatic carbocycles. The van der Waals surface area contributed by atoms with Crippen molar-refractivity contribution in [1.82, 2.24) is 10.2 Å². The van der Waals surface area contributed by atoms with Crippen molar-refractivity contribution in [3.05, 3.63) is 83.9 Å².